The summed E-state index contributed by atoms with van der Waals surface area (Å²) in [5.74, 6) is 1.42. The van der Waals surface area contributed by atoms with Gasteiger partial charge in [-0.3, -0.25) is 0 Å². The zero-order valence-electron chi connectivity index (χ0n) is 14.6. The maximum atomic E-state index is 8.75. The number of hydrogen-bond acceptors (Lipinski definition) is 4. The highest BCUT2D eigenvalue weighted by Crippen LogP contribution is 2.34. The van der Waals surface area contributed by atoms with Crippen molar-refractivity contribution in [3.63, 3.8) is 0 Å². The molecule has 2 rings (SSSR count). The molecule has 4 heteroatoms. The van der Waals surface area contributed by atoms with Crippen LogP contribution in [0.2, 0.25) is 0 Å². The maximum Gasteiger partial charge on any atom is 0.292 e. The molecule has 0 fully saturated rings. The van der Waals surface area contributed by atoms with Crippen molar-refractivity contribution in [2.24, 2.45) is 0 Å². The van der Waals surface area contributed by atoms with E-state index in [1.165, 1.54) is 0 Å². The Morgan fingerprint density at radius 2 is 1.00 bits per heavy atom. The molecular weight excluding hydrogens is 300 g/mol. The van der Waals surface area contributed by atoms with E-state index in [4.69, 9.17) is 20.0 Å². The van der Waals surface area contributed by atoms with E-state index >= 15 is 0 Å². The van der Waals surface area contributed by atoms with Crippen LogP contribution < -0.4 is 9.47 Å². The van der Waals surface area contributed by atoms with Crippen LogP contribution in [0.25, 0.3) is 0 Å². The second-order valence-electron chi connectivity index (χ2n) is 6.08. The summed E-state index contributed by atoms with van der Waals surface area (Å²) in [6.45, 7) is 9.90. The van der Waals surface area contributed by atoms with E-state index in [0.717, 1.165) is 33.4 Å². The van der Waals surface area contributed by atoms with Gasteiger partial charge in [0.1, 0.15) is 11.5 Å². The molecule has 0 bridgehead atoms. The van der Waals surface area contributed by atoms with Crippen LogP contribution in [-0.4, -0.2) is 0 Å². The second-order valence-corrected chi connectivity index (χ2v) is 6.08. The van der Waals surface area contributed by atoms with E-state index < -0.39 is 0 Å². The van der Waals surface area contributed by atoms with Crippen LogP contribution in [0, 0.1) is 50.7 Å². The lowest BCUT2D eigenvalue weighted by Crippen LogP contribution is -2.02. The van der Waals surface area contributed by atoms with Crippen LogP contribution in [-0.2, 0) is 0 Å². The number of nitrogens with zero attached hydrogens (tertiary/aromatic N) is 2. The molecule has 0 heterocycles. The van der Waals surface area contributed by atoms with Crippen LogP contribution in [0.15, 0.2) is 24.3 Å². The van der Waals surface area contributed by atoms with E-state index in [1.807, 2.05) is 27.7 Å². The molecule has 0 saturated carbocycles. The Kier molecular flexibility index (Phi) is 5.11. The Hall–Kier alpha value is -2.98. The van der Waals surface area contributed by atoms with Crippen LogP contribution in [0.5, 0.6) is 11.5 Å². The lowest BCUT2D eigenvalue weighted by molar-refractivity contribution is 0.498. The van der Waals surface area contributed by atoms with Gasteiger partial charge in [0.05, 0.1) is 0 Å². The summed E-state index contributed by atoms with van der Waals surface area (Å²) >= 11 is 0. The third-order valence-electron chi connectivity index (χ3n) is 4.26. The van der Waals surface area contributed by atoms with E-state index in [2.05, 4.69) is 31.2 Å². The third kappa shape index (κ3) is 3.34. The predicted octanol–water partition coefficient (Wildman–Crippen LogP) is 4.79. The number of rotatable bonds is 4. The van der Waals surface area contributed by atoms with Crippen molar-refractivity contribution in [2.45, 2.75) is 40.5 Å². The quantitative estimate of drug-likeness (QED) is 0.759. The summed E-state index contributed by atoms with van der Waals surface area (Å²) in [6.07, 6.45) is 3.48. The van der Waals surface area contributed by atoms with Crippen LogP contribution >= 0.6 is 0 Å². The molecule has 4 nitrogen and oxygen atoms in total. The molecule has 0 aliphatic heterocycles. The fraction of sp³-hybridized carbons (Fsp3) is 0.300. The van der Waals surface area contributed by atoms with Gasteiger partial charge in [0.15, 0.2) is 0 Å². The first-order valence-corrected chi connectivity index (χ1v) is 7.73. The molecule has 0 aliphatic carbocycles. The van der Waals surface area contributed by atoms with Gasteiger partial charge in [-0.1, -0.05) is 31.2 Å². The minimum atomic E-state index is 0.173. The molecule has 0 saturated heterocycles. The van der Waals surface area contributed by atoms with Gasteiger partial charge >= 0.3 is 0 Å². The third-order valence-corrected chi connectivity index (χ3v) is 4.26. The number of hydrogen-bond donors (Lipinski definition) is 0. The van der Waals surface area contributed by atoms with Gasteiger partial charge in [0, 0.05) is 5.92 Å². The highest BCUT2D eigenvalue weighted by molar-refractivity contribution is 5.50. The summed E-state index contributed by atoms with van der Waals surface area (Å²) in [5.41, 5.74) is 6.08. The van der Waals surface area contributed by atoms with Crippen molar-refractivity contribution in [1.82, 2.24) is 0 Å². The molecular formula is C20H20N2O2. The average Bonchev–Trinajstić information content (AvgIpc) is 2.53. The molecule has 0 N–H and O–H groups in total. The summed E-state index contributed by atoms with van der Waals surface area (Å²) < 4.78 is 10.1. The second kappa shape index (κ2) is 7.06. The summed E-state index contributed by atoms with van der Waals surface area (Å²) in [4.78, 5) is 0. The molecule has 0 aromatic heterocycles. The van der Waals surface area contributed by atoms with E-state index in [1.54, 1.807) is 12.5 Å². The molecule has 0 amide bonds. The van der Waals surface area contributed by atoms with Crippen molar-refractivity contribution in [3.8, 4) is 24.0 Å². The SMILES string of the molecule is Cc1cc(C(C)c2cc(C)c(OC#N)c(C)c2)cc(C)c1OC#N. The molecule has 2 aromatic carbocycles. The first kappa shape index (κ1) is 17.4. The first-order chi connectivity index (χ1) is 11.4. The molecule has 0 spiro atoms. The lowest BCUT2D eigenvalue weighted by Gasteiger charge is -2.18. The summed E-state index contributed by atoms with van der Waals surface area (Å²) in [5, 5.41) is 17.5. The maximum absolute atomic E-state index is 8.75. The minimum absolute atomic E-state index is 0.173. The van der Waals surface area contributed by atoms with Gasteiger partial charge in [0.25, 0.3) is 12.5 Å². The Labute approximate surface area is 142 Å². The van der Waals surface area contributed by atoms with Crippen molar-refractivity contribution >= 4 is 0 Å². The van der Waals surface area contributed by atoms with Crippen molar-refractivity contribution in [1.29, 1.82) is 10.5 Å². The first-order valence-electron chi connectivity index (χ1n) is 7.73. The molecule has 24 heavy (non-hydrogen) atoms. The number of ether oxygens (including phenoxy) is 2. The molecule has 0 radical (unpaired) electrons. The zero-order chi connectivity index (χ0) is 17.9. The standard InChI is InChI=1S/C20H20N2O2/c1-12-6-17(7-13(2)19(12)23-10-21)16(5)18-8-14(3)20(24-11-22)15(4)9-18/h6-9,16H,1-5H3. The van der Waals surface area contributed by atoms with Gasteiger partial charge in [-0.15, -0.1) is 10.5 Å². The van der Waals surface area contributed by atoms with Crippen molar-refractivity contribution in [2.75, 3.05) is 0 Å². The van der Waals surface area contributed by atoms with Crippen LogP contribution in [0.1, 0.15) is 46.2 Å². The molecule has 0 atom stereocenters. The van der Waals surface area contributed by atoms with E-state index in [-0.39, 0.29) is 5.92 Å². The van der Waals surface area contributed by atoms with Crippen molar-refractivity contribution < 1.29 is 9.47 Å². The topological polar surface area (TPSA) is 66.0 Å². The smallest absolute Gasteiger partial charge is 0.292 e. The molecule has 122 valence electrons. The average molecular weight is 320 g/mol. The normalized spacial score (nSPS) is 10.2. The number of aryl methyl sites for hydroxylation is 4. The Balaban J connectivity index is 2.45. The van der Waals surface area contributed by atoms with E-state index in [9.17, 15) is 0 Å². The Bertz CT molecular complexity index is 739. The Morgan fingerprint density at radius 3 is 1.25 bits per heavy atom. The van der Waals surface area contributed by atoms with Gasteiger partial charge in [-0.05, 0) is 61.1 Å². The molecule has 0 unspecified atom stereocenters. The van der Waals surface area contributed by atoms with Gasteiger partial charge < -0.3 is 9.47 Å². The largest absolute Gasteiger partial charge is 0.387 e. The zero-order valence-corrected chi connectivity index (χ0v) is 14.6. The molecule has 2 aromatic rings. The Morgan fingerprint density at radius 1 is 0.708 bits per heavy atom. The fourth-order valence-electron chi connectivity index (χ4n) is 3.07. The minimum Gasteiger partial charge on any atom is -0.387 e. The lowest BCUT2D eigenvalue weighted by atomic mass is 9.88. The predicted molar refractivity (Wildman–Crippen MR) is 91.8 cm³/mol. The highest BCUT2D eigenvalue weighted by Gasteiger charge is 2.16. The number of nitriles is 2. The van der Waals surface area contributed by atoms with Gasteiger partial charge in [0.2, 0.25) is 0 Å². The van der Waals surface area contributed by atoms with Crippen LogP contribution in [0.4, 0.5) is 0 Å². The highest BCUT2D eigenvalue weighted by atomic mass is 16.5. The van der Waals surface area contributed by atoms with Crippen LogP contribution in [0.3, 0.4) is 0 Å². The summed E-state index contributed by atoms with van der Waals surface area (Å²) in [7, 11) is 0. The van der Waals surface area contributed by atoms with Gasteiger partial charge in [-0.2, -0.15) is 0 Å². The van der Waals surface area contributed by atoms with Gasteiger partial charge in [-0.25, -0.2) is 0 Å². The number of benzene rings is 2. The van der Waals surface area contributed by atoms with E-state index in [0.29, 0.717) is 11.5 Å². The van der Waals surface area contributed by atoms with Crippen molar-refractivity contribution in [3.05, 3.63) is 57.6 Å². The summed E-state index contributed by atoms with van der Waals surface area (Å²) in [6, 6.07) is 8.20. The monoisotopic (exact) mass is 320 g/mol. The fourth-order valence-corrected chi connectivity index (χ4v) is 3.07. The molecule has 0 aliphatic rings.